The Labute approximate surface area is 165 Å². The number of hydrogen-bond donors (Lipinski definition) is 3. The first-order chi connectivity index (χ1) is 12.5. The number of nitrogens with zero attached hydrogens (tertiary/aromatic N) is 1. The smallest absolute Gasteiger partial charge is 0.325 e. The van der Waals surface area contributed by atoms with Crippen LogP contribution < -0.4 is 16.4 Å². The van der Waals surface area contributed by atoms with Gasteiger partial charge in [-0.05, 0) is 30.4 Å². The van der Waals surface area contributed by atoms with Gasteiger partial charge in [0.25, 0.3) is 5.91 Å². The van der Waals surface area contributed by atoms with Gasteiger partial charge in [-0.25, -0.2) is 4.79 Å². The predicted molar refractivity (Wildman–Crippen MR) is 104 cm³/mol. The van der Waals surface area contributed by atoms with Crippen LogP contribution in [-0.4, -0.2) is 41.9 Å². The zero-order chi connectivity index (χ0) is 18.7. The monoisotopic (exact) mass is 394 g/mol. The molecular weight excluding hydrogens is 368 g/mol. The molecule has 2 atom stereocenters. The van der Waals surface area contributed by atoms with Crippen LogP contribution in [-0.2, 0) is 21.5 Å². The molecule has 27 heavy (non-hydrogen) atoms. The fraction of sp³-hybridized carbons (Fsp3) is 0.526. The summed E-state index contributed by atoms with van der Waals surface area (Å²) in [5, 5.41) is 5.65. The van der Waals surface area contributed by atoms with Gasteiger partial charge in [0.05, 0.1) is 0 Å². The van der Waals surface area contributed by atoms with Crippen LogP contribution in [0.1, 0.15) is 43.7 Å². The van der Waals surface area contributed by atoms with Gasteiger partial charge in [-0.2, -0.15) is 0 Å². The predicted octanol–water partition coefficient (Wildman–Crippen LogP) is 1.44. The number of fused-ring (bicyclic) bond motifs is 2. The van der Waals surface area contributed by atoms with Gasteiger partial charge in [0.1, 0.15) is 12.1 Å². The summed E-state index contributed by atoms with van der Waals surface area (Å²) >= 11 is 0. The highest BCUT2D eigenvalue weighted by molar-refractivity contribution is 6.09. The highest BCUT2D eigenvalue weighted by Crippen LogP contribution is 2.41. The van der Waals surface area contributed by atoms with E-state index in [4.69, 9.17) is 5.73 Å². The highest BCUT2D eigenvalue weighted by atomic mass is 35.5. The lowest BCUT2D eigenvalue weighted by atomic mass is 9.92. The number of carbonyl (C=O) groups excluding carboxylic acids is 3. The molecule has 4 amide bonds. The van der Waals surface area contributed by atoms with Crippen molar-refractivity contribution in [1.82, 2.24) is 15.5 Å². The molecule has 1 aliphatic heterocycles. The number of benzene rings is 1. The van der Waals surface area contributed by atoms with Crippen molar-refractivity contribution in [1.29, 1.82) is 0 Å². The van der Waals surface area contributed by atoms with Gasteiger partial charge >= 0.3 is 6.03 Å². The van der Waals surface area contributed by atoms with Crippen molar-refractivity contribution in [2.75, 3.05) is 13.1 Å². The van der Waals surface area contributed by atoms with Crippen molar-refractivity contribution in [2.24, 2.45) is 5.73 Å². The third kappa shape index (κ3) is 3.94. The third-order valence-corrected chi connectivity index (χ3v) is 5.28. The number of urea groups is 1. The second-order valence-electron chi connectivity index (χ2n) is 7.03. The van der Waals surface area contributed by atoms with Gasteiger partial charge in [0.15, 0.2) is 0 Å². The number of hydrogen-bond acceptors (Lipinski definition) is 4. The van der Waals surface area contributed by atoms with Crippen molar-refractivity contribution in [3.8, 4) is 0 Å². The molecular formula is C19H27ClN4O3. The minimum absolute atomic E-state index is 0. The molecule has 4 N–H and O–H groups in total. The van der Waals surface area contributed by atoms with Gasteiger partial charge in [-0.15, -0.1) is 12.4 Å². The Hall–Kier alpha value is -2.12. The maximum Gasteiger partial charge on any atom is 0.325 e. The number of halogens is 1. The zero-order valence-corrected chi connectivity index (χ0v) is 16.3. The van der Waals surface area contributed by atoms with Gasteiger partial charge < -0.3 is 16.4 Å². The van der Waals surface area contributed by atoms with Crippen LogP contribution in [0.4, 0.5) is 4.79 Å². The highest BCUT2D eigenvalue weighted by Gasteiger charge is 2.55. The van der Waals surface area contributed by atoms with Crippen molar-refractivity contribution in [3.05, 3.63) is 35.4 Å². The fourth-order valence-electron chi connectivity index (χ4n) is 3.85. The molecule has 1 saturated heterocycles. The molecule has 0 saturated carbocycles. The topological polar surface area (TPSA) is 105 Å². The van der Waals surface area contributed by atoms with Gasteiger partial charge in [0.2, 0.25) is 5.91 Å². The Morgan fingerprint density at radius 1 is 1.37 bits per heavy atom. The number of carbonyl (C=O) groups is 3. The van der Waals surface area contributed by atoms with E-state index in [0.29, 0.717) is 13.0 Å². The van der Waals surface area contributed by atoms with E-state index >= 15 is 0 Å². The quantitative estimate of drug-likeness (QED) is 0.608. The van der Waals surface area contributed by atoms with E-state index < -0.39 is 11.6 Å². The molecule has 148 valence electrons. The number of aryl methyl sites for hydroxylation is 1. The SMILES string of the molecule is CCCCC(CN)NC(=O)CN1C(=O)NC2(CCc3ccccc32)C1=O.Cl. The van der Waals surface area contributed by atoms with Crippen molar-refractivity contribution >= 4 is 30.3 Å². The van der Waals surface area contributed by atoms with Crippen LogP contribution in [0.5, 0.6) is 0 Å². The average Bonchev–Trinajstić information content (AvgIpc) is 3.12. The summed E-state index contributed by atoms with van der Waals surface area (Å²) in [7, 11) is 0. The Morgan fingerprint density at radius 2 is 2.11 bits per heavy atom. The molecule has 2 aliphatic rings. The lowest BCUT2D eigenvalue weighted by Gasteiger charge is -2.22. The molecule has 1 heterocycles. The number of nitrogens with two attached hydrogens (primary N) is 1. The Balaban J connectivity index is 0.00000261. The normalized spacial score (nSPS) is 21.6. The van der Waals surface area contributed by atoms with Crippen LogP contribution >= 0.6 is 12.4 Å². The maximum absolute atomic E-state index is 13.0. The molecule has 0 radical (unpaired) electrons. The molecule has 1 aliphatic carbocycles. The van der Waals surface area contributed by atoms with Crippen LogP contribution in [0.15, 0.2) is 24.3 Å². The Bertz CT molecular complexity index is 727. The second-order valence-corrected chi connectivity index (χ2v) is 7.03. The van der Waals surface area contributed by atoms with Crippen molar-refractivity contribution in [2.45, 2.75) is 50.6 Å². The molecule has 2 unspecified atom stereocenters. The van der Waals surface area contributed by atoms with E-state index in [-0.39, 0.29) is 36.8 Å². The van der Waals surface area contributed by atoms with Crippen LogP contribution in [0, 0.1) is 0 Å². The van der Waals surface area contributed by atoms with Crippen molar-refractivity contribution in [3.63, 3.8) is 0 Å². The molecule has 0 bridgehead atoms. The largest absolute Gasteiger partial charge is 0.351 e. The van der Waals surface area contributed by atoms with Crippen LogP contribution in [0.2, 0.25) is 0 Å². The molecule has 1 aromatic rings. The first kappa shape index (κ1) is 21.2. The summed E-state index contributed by atoms with van der Waals surface area (Å²) in [6.07, 6.45) is 4.02. The summed E-state index contributed by atoms with van der Waals surface area (Å²) in [6.45, 7) is 2.13. The minimum Gasteiger partial charge on any atom is -0.351 e. The Kier molecular flexibility index (Phi) is 6.84. The first-order valence-corrected chi connectivity index (χ1v) is 9.23. The summed E-state index contributed by atoms with van der Waals surface area (Å²) in [5.74, 6) is -0.705. The molecule has 1 fully saturated rings. The van der Waals surface area contributed by atoms with E-state index in [1.807, 2.05) is 24.3 Å². The fourth-order valence-corrected chi connectivity index (χ4v) is 3.85. The van der Waals surface area contributed by atoms with Crippen LogP contribution in [0.3, 0.4) is 0 Å². The maximum atomic E-state index is 13.0. The number of rotatable bonds is 7. The molecule has 3 rings (SSSR count). The van der Waals surface area contributed by atoms with E-state index in [2.05, 4.69) is 17.6 Å². The third-order valence-electron chi connectivity index (χ3n) is 5.28. The minimum atomic E-state index is -1.02. The van der Waals surface area contributed by atoms with Crippen LogP contribution in [0.25, 0.3) is 0 Å². The lowest BCUT2D eigenvalue weighted by molar-refractivity contribution is -0.135. The van der Waals surface area contributed by atoms with E-state index in [1.165, 1.54) is 0 Å². The number of amides is 4. The second kappa shape index (κ2) is 8.71. The molecule has 7 nitrogen and oxygen atoms in total. The molecule has 0 aromatic heterocycles. The molecule has 1 spiro atoms. The molecule has 1 aromatic carbocycles. The number of imide groups is 1. The number of unbranched alkanes of at least 4 members (excludes halogenated alkanes) is 1. The first-order valence-electron chi connectivity index (χ1n) is 9.23. The standard InChI is InChI=1S/C19H26N4O3.ClH/c1-2-3-7-14(11-20)21-16(24)12-23-17(25)19(22-18(23)26)10-9-13-6-4-5-8-15(13)19;/h4-6,8,14H,2-3,7,9-12,20H2,1H3,(H,21,24)(H,22,26);1H. The van der Waals surface area contributed by atoms with Gasteiger partial charge in [0, 0.05) is 12.6 Å². The average molecular weight is 395 g/mol. The van der Waals surface area contributed by atoms with E-state index in [1.54, 1.807) is 0 Å². The molecule has 8 heteroatoms. The zero-order valence-electron chi connectivity index (χ0n) is 15.5. The summed E-state index contributed by atoms with van der Waals surface area (Å²) in [4.78, 5) is 38.8. The summed E-state index contributed by atoms with van der Waals surface area (Å²) < 4.78 is 0. The number of nitrogens with one attached hydrogen (secondary N) is 2. The van der Waals surface area contributed by atoms with Gasteiger partial charge in [-0.1, -0.05) is 44.0 Å². The van der Waals surface area contributed by atoms with Gasteiger partial charge in [-0.3, -0.25) is 14.5 Å². The van der Waals surface area contributed by atoms with E-state index in [0.717, 1.165) is 41.7 Å². The van der Waals surface area contributed by atoms with Crippen molar-refractivity contribution < 1.29 is 14.4 Å². The summed E-state index contributed by atoms with van der Waals surface area (Å²) in [6, 6.07) is 6.98. The lowest BCUT2D eigenvalue weighted by Crippen LogP contribution is -2.47. The summed E-state index contributed by atoms with van der Waals surface area (Å²) in [5.41, 5.74) is 6.58. The Morgan fingerprint density at radius 3 is 2.81 bits per heavy atom. The van der Waals surface area contributed by atoms with E-state index in [9.17, 15) is 14.4 Å².